The molecular weight excluding hydrogens is 380 g/mol. The minimum Gasteiger partial charge on any atom is -0.393 e. The molecule has 2 spiro atoms. The van der Waals surface area contributed by atoms with Gasteiger partial charge >= 0.3 is 0 Å². The monoisotopic (exact) mass is 428 g/mol. The Morgan fingerprint density at radius 3 is 2.42 bits per heavy atom. The average molecular weight is 429 g/mol. The van der Waals surface area contributed by atoms with Crippen LogP contribution in [0.4, 0.5) is 0 Å². The van der Waals surface area contributed by atoms with Crippen molar-refractivity contribution in [2.75, 3.05) is 0 Å². The van der Waals surface area contributed by atoms with Crippen LogP contribution in [0.25, 0.3) is 0 Å². The Labute approximate surface area is 191 Å². The van der Waals surface area contributed by atoms with Crippen LogP contribution in [0.1, 0.15) is 106 Å². The third-order valence-electron chi connectivity index (χ3n) is 12.4. The summed E-state index contributed by atoms with van der Waals surface area (Å²) >= 11 is 0. The molecule has 0 bridgehead atoms. The van der Waals surface area contributed by atoms with Gasteiger partial charge in [0.2, 0.25) is 0 Å². The highest BCUT2D eigenvalue weighted by molar-refractivity contribution is 5.29. The van der Waals surface area contributed by atoms with Crippen LogP contribution in [-0.4, -0.2) is 21.9 Å². The van der Waals surface area contributed by atoms with Crippen LogP contribution in [0.5, 0.6) is 0 Å². The Balaban J connectivity index is 1.38. The lowest BCUT2D eigenvalue weighted by Gasteiger charge is -2.62. The Kier molecular flexibility index (Phi) is 4.96. The maximum atomic E-state index is 10.6. The van der Waals surface area contributed by atoms with Crippen LogP contribution in [0.15, 0.2) is 12.2 Å². The summed E-state index contributed by atoms with van der Waals surface area (Å²) in [7, 11) is 0. The molecule has 0 saturated heterocycles. The number of hydrogen-bond donors (Lipinski definition) is 2. The van der Waals surface area contributed by atoms with Gasteiger partial charge in [-0.15, -0.1) is 0 Å². The van der Waals surface area contributed by atoms with E-state index in [4.69, 9.17) is 0 Å². The van der Waals surface area contributed by atoms with Crippen molar-refractivity contribution in [1.82, 2.24) is 0 Å². The fraction of sp³-hybridized carbons (Fsp3) is 0.931. The zero-order chi connectivity index (χ0) is 22.4. The molecule has 0 amide bonds. The maximum Gasteiger partial charge on any atom is 0.0771 e. The molecule has 2 heteroatoms. The van der Waals surface area contributed by atoms with Crippen LogP contribution in [0.3, 0.4) is 0 Å². The molecule has 2 nitrogen and oxygen atoms in total. The highest BCUT2D eigenvalue weighted by Gasteiger charge is 2.81. The lowest BCUT2D eigenvalue weighted by Crippen LogP contribution is -2.55. The number of fused-ring (bicyclic) bond motifs is 2. The van der Waals surface area contributed by atoms with Crippen molar-refractivity contribution in [3.8, 4) is 0 Å². The molecule has 5 aliphatic rings. The van der Waals surface area contributed by atoms with E-state index in [0.29, 0.717) is 33.5 Å². The molecule has 0 aromatic heterocycles. The van der Waals surface area contributed by atoms with Crippen molar-refractivity contribution in [3.63, 3.8) is 0 Å². The van der Waals surface area contributed by atoms with Gasteiger partial charge in [0.15, 0.2) is 0 Å². The second kappa shape index (κ2) is 6.84. The molecule has 0 aromatic rings. The maximum absolute atomic E-state index is 10.6. The first-order valence-electron chi connectivity index (χ1n) is 13.5. The zero-order valence-corrected chi connectivity index (χ0v) is 21.1. The fourth-order valence-electron chi connectivity index (χ4n) is 10.7. The Hall–Kier alpha value is -0.340. The summed E-state index contributed by atoms with van der Waals surface area (Å²) in [5.74, 6) is 3.69. The average Bonchev–Trinajstić information content (AvgIpc) is 3.27. The van der Waals surface area contributed by atoms with Gasteiger partial charge in [-0.1, -0.05) is 39.8 Å². The van der Waals surface area contributed by atoms with Crippen LogP contribution in [0, 0.1) is 51.2 Å². The van der Waals surface area contributed by atoms with Crippen molar-refractivity contribution in [1.29, 1.82) is 0 Å². The quantitative estimate of drug-likeness (QED) is 0.486. The molecule has 0 unspecified atom stereocenters. The van der Waals surface area contributed by atoms with Crippen molar-refractivity contribution >= 4 is 0 Å². The summed E-state index contributed by atoms with van der Waals surface area (Å²) in [6.45, 7) is 13.9. The van der Waals surface area contributed by atoms with Crippen molar-refractivity contribution in [2.24, 2.45) is 51.2 Å². The summed E-state index contributed by atoms with van der Waals surface area (Å²) in [4.78, 5) is 0. The van der Waals surface area contributed by atoms with E-state index in [1.165, 1.54) is 51.4 Å². The molecule has 5 saturated carbocycles. The first-order valence-corrected chi connectivity index (χ1v) is 13.5. The lowest BCUT2D eigenvalue weighted by molar-refractivity contribution is -0.142. The zero-order valence-electron chi connectivity index (χ0n) is 21.1. The van der Waals surface area contributed by atoms with Gasteiger partial charge in [-0.3, -0.25) is 0 Å². The summed E-state index contributed by atoms with van der Waals surface area (Å²) < 4.78 is 0. The molecule has 0 aliphatic heterocycles. The van der Waals surface area contributed by atoms with E-state index in [1.54, 1.807) is 0 Å². The second-order valence-electron chi connectivity index (χ2n) is 13.9. The van der Waals surface area contributed by atoms with E-state index in [9.17, 15) is 10.2 Å². The van der Waals surface area contributed by atoms with E-state index in [0.717, 1.165) is 30.6 Å². The Morgan fingerprint density at radius 2 is 1.71 bits per heavy atom. The van der Waals surface area contributed by atoms with E-state index in [2.05, 4.69) is 33.8 Å². The molecule has 10 atom stereocenters. The van der Waals surface area contributed by atoms with Crippen LogP contribution in [0.2, 0.25) is 0 Å². The third kappa shape index (κ3) is 2.89. The number of aliphatic hydroxyl groups excluding tert-OH is 1. The van der Waals surface area contributed by atoms with Crippen LogP contribution in [-0.2, 0) is 0 Å². The number of aliphatic hydroxyl groups is 2. The SMILES string of the molecule is C[C@@H]1[C@@H](O)CC[C@]23C[C@]24CC[C@]2(C)[C@@H]([C@H](C)C/C=C/C(C)(C)O)CC[C@@]2(C)[C@@H]4CC[C@@H]13. The van der Waals surface area contributed by atoms with Crippen molar-refractivity contribution in [3.05, 3.63) is 12.2 Å². The van der Waals surface area contributed by atoms with E-state index in [1.807, 2.05) is 19.9 Å². The van der Waals surface area contributed by atoms with Gasteiger partial charge < -0.3 is 10.2 Å². The largest absolute Gasteiger partial charge is 0.393 e. The van der Waals surface area contributed by atoms with Crippen molar-refractivity contribution < 1.29 is 10.2 Å². The van der Waals surface area contributed by atoms with E-state index >= 15 is 0 Å². The predicted octanol–water partition coefficient (Wildman–Crippen LogP) is 6.75. The first kappa shape index (κ1) is 22.5. The number of hydrogen-bond acceptors (Lipinski definition) is 2. The van der Waals surface area contributed by atoms with E-state index in [-0.39, 0.29) is 6.10 Å². The normalized spacial score (nSPS) is 54.6. The molecular formula is C29H48O2. The molecule has 31 heavy (non-hydrogen) atoms. The minimum absolute atomic E-state index is 0.0528. The Morgan fingerprint density at radius 1 is 0.968 bits per heavy atom. The predicted molar refractivity (Wildman–Crippen MR) is 127 cm³/mol. The highest BCUT2D eigenvalue weighted by Crippen LogP contribution is 2.88. The van der Waals surface area contributed by atoms with Crippen molar-refractivity contribution in [2.45, 2.75) is 117 Å². The fourth-order valence-corrected chi connectivity index (χ4v) is 10.7. The van der Waals surface area contributed by atoms with Gasteiger partial charge in [0.05, 0.1) is 11.7 Å². The molecule has 5 fully saturated rings. The molecule has 0 heterocycles. The number of allylic oxidation sites excluding steroid dienone is 1. The minimum atomic E-state index is -0.700. The molecule has 0 radical (unpaired) electrons. The van der Waals surface area contributed by atoms with Gasteiger partial charge in [-0.25, -0.2) is 0 Å². The summed E-state index contributed by atoms with van der Waals surface area (Å²) in [6, 6.07) is 0. The summed E-state index contributed by atoms with van der Waals surface area (Å²) in [5, 5.41) is 20.6. The smallest absolute Gasteiger partial charge is 0.0771 e. The molecule has 2 N–H and O–H groups in total. The van der Waals surface area contributed by atoms with Gasteiger partial charge in [-0.05, 0) is 129 Å². The van der Waals surface area contributed by atoms with Gasteiger partial charge in [0.1, 0.15) is 0 Å². The topological polar surface area (TPSA) is 40.5 Å². The van der Waals surface area contributed by atoms with Gasteiger partial charge in [0, 0.05) is 0 Å². The molecule has 176 valence electrons. The third-order valence-corrected chi connectivity index (χ3v) is 12.4. The van der Waals surface area contributed by atoms with Crippen LogP contribution >= 0.6 is 0 Å². The molecule has 0 aromatic carbocycles. The van der Waals surface area contributed by atoms with Gasteiger partial charge in [-0.2, -0.15) is 0 Å². The lowest BCUT2D eigenvalue weighted by atomic mass is 9.43. The number of rotatable bonds is 4. The molecule has 5 aliphatic carbocycles. The first-order chi connectivity index (χ1) is 14.4. The van der Waals surface area contributed by atoms with Gasteiger partial charge in [0.25, 0.3) is 0 Å². The highest BCUT2D eigenvalue weighted by atomic mass is 16.3. The standard InChI is InChI=1S/C29H48O2/c1-19(8-7-13-25(3,4)31)21-11-14-27(6)24-10-9-22-20(2)23(30)12-15-28(22)18-29(24,28)17-16-26(21,27)5/h7,13,19-24,30-31H,8-12,14-18H2,1-6H3/b13-7+/t19-,20+,21-,22+,23+,24+,26-,27+,28-,29+/m1/s1. The summed E-state index contributed by atoms with van der Waals surface area (Å²) in [5.41, 5.74) is 1.43. The second-order valence-corrected chi connectivity index (χ2v) is 13.9. The van der Waals surface area contributed by atoms with Crippen LogP contribution < -0.4 is 0 Å². The summed E-state index contributed by atoms with van der Waals surface area (Å²) in [6.07, 6.45) is 17.5. The van der Waals surface area contributed by atoms with E-state index < -0.39 is 5.60 Å². The Bertz CT molecular complexity index is 750. The molecule has 5 rings (SSSR count).